The van der Waals surface area contributed by atoms with Crippen molar-refractivity contribution in [1.29, 1.82) is 0 Å². The maximum absolute atomic E-state index is 5.37. The van der Waals surface area contributed by atoms with Crippen LogP contribution in [0.25, 0.3) is 0 Å². The van der Waals surface area contributed by atoms with E-state index in [0.717, 1.165) is 25.8 Å². The molecule has 1 aromatic heterocycles. The largest absolute Gasteiger partial charge is 0.340 e. The van der Waals surface area contributed by atoms with Gasteiger partial charge in [-0.05, 0) is 25.8 Å². The molecule has 3 heteroatoms. The number of rotatable bonds is 4. The van der Waals surface area contributed by atoms with Crippen LogP contribution in [0.3, 0.4) is 0 Å². The number of hydrogen-bond donors (Lipinski definition) is 1. The molecule has 0 spiro atoms. The van der Waals surface area contributed by atoms with Crippen molar-refractivity contribution in [3.05, 3.63) is 18.2 Å². The zero-order valence-electron chi connectivity index (χ0n) is 6.95. The Bertz CT molecular complexity index is 205. The van der Waals surface area contributed by atoms with Crippen molar-refractivity contribution < 1.29 is 0 Å². The maximum atomic E-state index is 5.37. The highest BCUT2D eigenvalue weighted by molar-refractivity contribution is 4.95. The molecule has 0 aromatic carbocycles. The SMILES string of the molecule is Cn1cnc(CCCCN)c1. The Hall–Kier alpha value is -0.830. The van der Waals surface area contributed by atoms with Crippen LogP contribution < -0.4 is 5.73 Å². The molecule has 0 aliphatic carbocycles. The van der Waals surface area contributed by atoms with Crippen molar-refractivity contribution in [2.75, 3.05) is 6.54 Å². The van der Waals surface area contributed by atoms with Gasteiger partial charge in [0.25, 0.3) is 0 Å². The Balaban J connectivity index is 2.27. The van der Waals surface area contributed by atoms with E-state index in [-0.39, 0.29) is 0 Å². The smallest absolute Gasteiger partial charge is 0.0946 e. The molecule has 62 valence electrons. The van der Waals surface area contributed by atoms with E-state index >= 15 is 0 Å². The Kier molecular flexibility index (Phi) is 3.11. The molecule has 0 fully saturated rings. The molecule has 0 saturated carbocycles. The summed E-state index contributed by atoms with van der Waals surface area (Å²) in [6, 6.07) is 0. The predicted molar refractivity (Wildman–Crippen MR) is 45.2 cm³/mol. The second-order valence-electron chi connectivity index (χ2n) is 2.78. The first kappa shape index (κ1) is 8.27. The lowest BCUT2D eigenvalue weighted by atomic mass is 10.2. The standard InChI is InChI=1S/C8H15N3/c1-11-6-8(10-7-11)4-2-3-5-9/h6-7H,2-5,9H2,1H3. The summed E-state index contributed by atoms with van der Waals surface area (Å²) < 4.78 is 1.97. The highest BCUT2D eigenvalue weighted by atomic mass is 15.0. The number of aryl methyl sites for hydroxylation is 2. The molecule has 0 unspecified atom stereocenters. The molecule has 11 heavy (non-hydrogen) atoms. The number of imidazole rings is 1. The molecule has 1 heterocycles. The number of nitrogens with two attached hydrogens (primary N) is 1. The molecule has 0 aliphatic heterocycles. The molecule has 0 saturated heterocycles. The minimum Gasteiger partial charge on any atom is -0.340 e. The second-order valence-corrected chi connectivity index (χ2v) is 2.78. The van der Waals surface area contributed by atoms with Crippen LogP contribution in [0.15, 0.2) is 12.5 Å². The minimum absolute atomic E-state index is 0.785. The van der Waals surface area contributed by atoms with Crippen molar-refractivity contribution in [3.63, 3.8) is 0 Å². The molecule has 0 radical (unpaired) electrons. The average Bonchev–Trinajstić information content (AvgIpc) is 2.37. The molecule has 2 N–H and O–H groups in total. The van der Waals surface area contributed by atoms with E-state index in [0.29, 0.717) is 0 Å². The highest BCUT2D eigenvalue weighted by Gasteiger charge is 1.94. The van der Waals surface area contributed by atoms with Crippen molar-refractivity contribution in [2.24, 2.45) is 12.8 Å². The predicted octanol–water partition coefficient (Wildman–Crippen LogP) is 0.701. The summed E-state index contributed by atoms with van der Waals surface area (Å²) in [5.74, 6) is 0. The molecule has 0 amide bonds. The average molecular weight is 153 g/mol. The summed E-state index contributed by atoms with van der Waals surface area (Å²) in [4.78, 5) is 4.21. The normalized spacial score (nSPS) is 10.4. The van der Waals surface area contributed by atoms with Gasteiger partial charge in [0.15, 0.2) is 0 Å². The number of hydrogen-bond acceptors (Lipinski definition) is 2. The van der Waals surface area contributed by atoms with Gasteiger partial charge < -0.3 is 10.3 Å². The quantitative estimate of drug-likeness (QED) is 0.647. The van der Waals surface area contributed by atoms with Gasteiger partial charge in [-0.3, -0.25) is 0 Å². The molecule has 3 nitrogen and oxygen atoms in total. The van der Waals surface area contributed by atoms with Crippen LogP contribution in [0, 0.1) is 0 Å². The summed E-state index contributed by atoms with van der Waals surface area (Å²) in [7, 11) is 1.99. The monoisotopic (exact) mass is 153 g/mol. The first-order chi connectivity index (χ1) is 5.33. The summed E-state index contributed by atoms with van der Waals surface area (Å²) in [6.07, 6.45) is 7.18. The topological polar surface area (TPSA) is 43.8 Å². The third-order valence-electron chi connectivity index (χ3n) is 1.65. The summed E-state index contributed by atoms with van der Waals surface area (Å²) in [6.45, 7) is 0.785. The van der Waals surface area contributed by atoms with Crippen LogP contribution in [0.5, 0.6) is 0 Å². The van der Waals surface area contributed by atoms with Gasteiger partial charge in [-0.2, -0.15) is 0 Å². The Morgan fingerprint density at radius 3 is 2.91 bits per heavy atom. The zero-order chi connectivity index (χ0) is 8.10. The summed E-state index contributed by atoms with van der Waals surface area (Å²) in [5, 5.41) is 0. The van der Waals surface area contributed by atoms with Crippen LogP contribution in [0.2, 0.25) is 0 Å². The van der Waals surface area contributed by atoms with E-state index in [9.17, 15) is 0 Å². The molecule has 0 aliphatic rings. The van der Waals surface area contributed by atoms with E-state index in [1.165, 1.54) is 5.69 Å². The van der Waals surface area contributed by atoms with Gasteiger partial charge in [-0.1, -0.05) is 0 Å². The van der Waals surface area contributed by atoms with Crippen molar-refractivity contribution in [2.45, 2.75) is 19.3 Å². The first-order valence-electron chi connectivity index (χ1n) is 4.00. The van der Waals surface area contributed by atoms with Gasteiger partial charge in [-0.15, -0.1) is 0 Å². The lowest BCUT2D eigenvalue weighted by Crippen LogP contribution is -1.98. The Labute approximate surface area is 67.2 Å². The van der Waals surface area contributed by atoms with E-state index in [1.54, 1.807) is 0 Å². The van der Waals surface area contributed by atoms with E-state index in [1.807, 2.05) is 17.9 Å². The van der Waals surface area contributed by atoms with Crippen LogP contribution in [-0.4, -0.2) is 16.1 Å². The minimum atomic E-state index is 0.785. The first-order valence-corrected chi connectivity index (χ1v) is 4.00. The highest BCUT2D eigenvalue weighted by Crippen LogP contribution is 2.00. The fourth-order valence-corrected chi connectivity index (χ4v) is 1.05. The maximum Gasteiger partial charge on any atom is 0.0946 e. The van der Waals surface area contributed by atoms with E-state index < -0.39 is 0 Å². The van der Waals surface area contributed by atoms with Crippen molar-refractivity contribution in [3.8, 4) is 0 Å². The Morgan fingerprint density at radius 1 is 1.55 bits per heavy atom. The lowest BCUT2D eigenvalue weighted by Gasteiger charge is -1.93. The van der Waals surface area contributed by atoms with Crippen LogP contribution >= 0.6 is 0 Å². The van der Waals surface area contributed by atoms with Gasteiger partial charge in [0, 0.05) is 13.2 Å². The van der Waals surface area contributed by atoms with E-state index in [2.05, 4.69) is 11.2 Å². The molecule has 0 atom stereocenters. The van der Waals surface area contributed by atoms with Gasteiger partial charge >= 0.3 is 0 Å². The third kappa shape index (κ3) is 2.72. The van der Waals surface area contributed by atoms with Gasteiger partial charge in [0.1, 0.15) is 0 Å². The number of unbranched alkanes of at least 4 members (excludes halogenated alkanes) is 1. The zero-order valence-corrected chi connectivity index (χ0v) is 6.95. The Morgan fingerprint density at radius 2 is 2.36 bits per heavy atom. The molecular formula is C8H15N3. The number of nitrogens with zero attached hydrogens (tertiary/aromatic N) is 2. The van der Waals surface area contributed by atoms with Gasteiger partial charge in [-0.25, -0.2) is 4.98 Å². The molecule has 1 rings (SSSR count). The van der Waals surface area contributed by atoms with Crippen molar-refractivity contribution >= 4 is 0 Å². The van der Waals surface area contributed by atoms with E-state index in [4.69, 9.17) is 5.73 Å². The van der Waals surface area contributed by atoms with Crippen molar-refractivity contribution in [1.82, 2.24) is 9.55 Å². The number of aromatic nitrogens is 2. The lowest BCUT2D eigenvalue weighted by molar-refractivity contribution is 0.734. The van der Waals surface area contributed by atoms with Crippen LogP contribution in [-0.2, 0) is 13.5 Å². The summed E-state index contributed by atoms with van der Waals surface area (Å²) >= 11 is 0. The van der Waals surface area contributed by atoms with Gasteiger partial charge in [0.05, 0.1) is 12.0 Å². The fourth-order valence-electron chi connectivity index (χ4n) is 1.05. The molecular weight excluding hydrogens is 138 g/mol. The fraction of sp³-hybridized carbons (Fsp3) is 0.625. The van der Waals surface area contributed by atoms with Crippen LogP contribution in [0.4, 0.5) is 0 Å². The van der Waals surface area contributed by atoms with Gasteiger partial charge in [0.2, 0.25) is 0 Å². The third-order valence-corrected chi connectivity index (χ3v) is 1.65. The second kappa shape index (κ2) is 4.13. The molecule has 1 aromatic rings. The molecule has 0 bridgehead atoms. The van der Waals surface area contributed by atoms with Crippen LogP contribution in [0.1, 0.15) is 18.5 Å². The summed E-state index contributed by atoms with van der Waals surface area (Å²) in [5.41, 5.74) is 6.54.